The fourth-order valence-electron chi connectivity index (χ4n) is 4.38. The van der Waals surface area contributed by atoms with Crippen LogP contribution in [0.25, 0.3) is 6.08 Å². The van der Waals surface area contributed by atoms with Crippen molar-refractivity contribution >= 4 is 29.5 Å². The summed E-state index contributed by atoms with van der Waals surface area (Å²) in [5, 5.41) is 5.35. The molecule has 2 aliphatic heterocycles. The molecule has 1 aromatic heterocycles. The molecule has 2 saturated heterocycles. The highest BCUT2D eigenvalue weighted by molar-refractivity contribution is 6.31. The minimum Gasteiger partial charge on any atom is -0.379 e. The van der Waals surface area contributed by atoms with Gasteiger partial charge in [0.05, 0.1) is 32.0 Å². The fourth-order valence-corrected chi connectivity index (χ4v) is 4.58. The average Bonchev–Trinajstić information content (AvgIpc) is 3.11. The molecule has 2 amide bonds. The summed E-state index contributed by atoms with van der Waals surface area (Å²) in [4.78, 5) is 31.2. The zero-order valence-corrected chi connectivity index (χ0v) is 20.6. The van der Waals surface area contributed by atoms with E-state index in [1.807, 2.05) is 53.8 Å². The molecule has 2 aliphatic rings. The summed E-state index contributed by atoms with van der Waals surface area (Å²) < 4.78 is 7.26. The highest BCUT2D eigenvalue weighted by Gasteiger charge is 2.25. The Labute approximate surface area is 205 Å². The number of carbonyl (C=O) groups is 2. The second-order valence-corrected chi connectivity index (χ2v) is 9.17. The maximum atomic E-state index is 12.8. The van der Waals surface area contributed by atoms with Gasteiger partial charge in [-0.1, -0.05) is 29.8 Å². The van der Waals surface area contributed by atoms with Gasteiger partial charge < -0.3 is 14.5 Å². The fraction of sp³-hybridized carbons (Fsp3) is 0.480. The van der Waals surface area contributed by atoms with Gasteiger partial charge in [0.2, 0.25) is 11.8 Å². The van der Waals surface area contributed by atoms with Crippen LogP contribution in [0.15, 0.2) is 30.3 Å². The number of benzene rings is 1. The van der Waals surface area contributed by atoms with Crippen molar-refractivity contribution in [3.05, 3.63) is 57.9 Å². The summed E-state index contributed by atoms with van der Waals surface area (Å²) in [5.41, 5.74) is 3.80. The molecule has 3 heterocycles. The van der Waals surface area contributed by atoms with Crippen LogP contribution in [-0.4, -0.2) is 95.3 Å². The largest absolute Gasteiger partial charge is 0.379 e. The zero-order valence-electron chi connectivity index (χ0n) is 19.9. The van der Waals surface area contributed by atoms with Crippen molar-refractivity contribution in [2.24, 2.45) is 0 Å². The summed E-state index contributed by atoms with van der Waals surface area (Å²) >= 11 is 6.30. The van der Waals surface area contributed by atoms with E-state index in [9.17, 15) is 9.59 Å². The Morgan fingerprint density at radius 1 is 1.03 bits per heavy atom. The Hall–Kier alpha value is -2.68. The minimum atomic E-state index is -0.0436. The van der Waals surface area contributed by atoms with Gasteiger partial charge in [0.25, 0.3) is 0 Å². The molecule has 4 rings (SSSR count). The third-order valence-corrected chi connectivity index (χ3v) is 6.88. The van der Waals surface area contributed by atoms with E-state index in [1.165, 1.54) is 0 Å². The van der Waals surface area contributed by atoms with Crippen LogP contribution in [0.5, 0.6) is 0 Å². The highest BCUT2D eigenvalue weighted by Crippen LogP contribution is 2.20. The van der Waals surface area contributed by atoms with E-state index in [4.69, 9.17) is 16.3 Å². The van der Waals surface area contributed by atoms with Crippen LogP contribution >= 0.6 is 11.6 Å². The maximum absolute atomic E-state index is 12.8. The van der Waals surface area contributed by atoms with Gasteiger partial charge in [-0.25, -0.2) is 0 Å². The van der Waals surface area contributed by atoms with E-state index in [-0.39, 0.29) is 11.8 Å². The number of amides is 2. The highest BCUT2D eigenvalue weighted by atomic mass is 35.5. The summed E-state index contributed by atoms with van der Waals surface area (Å²) in [7, 11) is 0. The van der Waals surface area contributed by atoms with Crippen molar-refractivity contribution in [3.63, 3.8) is 0 Å². The first-order chi connectivity index (χ1) is 16.4. The molecular weight excluding hydrogens is 454 g/mol. The van der Waals surface area contributed by atoms with Crippen molar-refractivity contribution in [3.8, 4) is 0 Å². The number of rotatable bonds is 6. The summed E-state index contributed by atoms with van der Waals surface area (Å²) in [6.07, 6.45) is 3.46. The van der Waals surface area contributed by atoms with E-state index in [1.54, 1.807) is 11.0 Å². The average molecular weight is 486 g/mol. The molecule has 0 aliphatic carbocycles. The molecule has 0 saturated carbocycles. The van der Waals surface area contributed by atoms with Gasteiger partial charge in [0.15, 0.2) is 0 Å². The Balaban J connectivity index is 1.31. The molecule has 8 nitrogen and oxygen atoms in total. The quantitative estimate of drug-likeness (QED) is 0.587. The van der Waals surface area contributed by atoms with Crippen LogP contribution in [0.4, 0.5) is 0 Å². The molecule has 0 radical (unpaired) electrons. The standard InChI is InChI=1S/C25H32ClN5O3/c1-19-22(20(2)31(27-19)17-21-5-3-4-6-23(21)26)7-8-24(32)29-9-11-30(12-10-29)25(33)18-28-13-15-34-16-14-28/h3-8H,9-18H2,1-2H3/b8-7+. The molecular formula is C25H32ClN5O3. The Kier molecular flexibility index (Phi) is 8.03. The van der Waals surface area contributed by atoms with Crippen LogP contribution in [0.3, 0.4) is 0 Å². The minimum absolute atomic E-state index is 0.0436. The predicted octanol–water partition coefficient (Wildman–Crippen LogP) is 2.22. The van der Waals surface area contributed by atoms with Gasteiger partial charge >= 0.3 is 0 Å². The monoisotopic (exact) mass is 485 g/mol. The van der Waals surface area contributed by atoms with Crippen LogP contribution in [0, 0.1) is 13.8 Å². The molecule has 0 atom stereocenters. The number of ether oxygens (including phenoxy) is 1. The van der Waals surface area contributed by atoms with Crippen molar-refractivity contribution in [1.82, 2.24) is 24.5 Å². The van der Waals surface area contributed by atoms with Crippen molar-refractivity contribution in [2.75, 3.05) is 59.0 Å². The van der Waals surface area contributed by atoms with Crippen molar-refractivity contribution in [1.29, 1.82) is 0 Å². The number of nitrogens with zero attached hydrogens (tertiary/aromatic N) is 5. The van der Waals surface area contributed by atoms with Gasteiger partial charge in [-0.2, -0.15) is 5.10 Å². The lowest BCUT2D eigenvalue weighted by atomic mass is 10.1. The molecule has 2 aromatic rings. The van der Waals surface area contributed by atoms with Gasteiger partial charge in [-0.05, 0) is 31.6 Å². The number of morpholine rings is 1. The summed E-state index contributed by atoms with van der Waals surface area (Å²) in [6.45, 7) is 10.1. The van der Waals surface area contributed by atoms with E-state index in [0.717, 1.165) is 35.6 Å². The van der Waals surface area contributed by atoms with Crippen LogP contribution < -0.4 is 0 Å². The zero-order chi connectivity index (χ0) is 24.1. The molecule has 34 heavy (non-hydrogen) atoms. The van der Waals surface area contributed by atoms with Crippen molar-refractivity contribution in [2.45, 2.75) is 20.4 Å². The van der Waals surface area contributed by atoms with Gasteiger partial charge in [0, 0.05) is 61.6 Å². The topological polar surface area (TPSA) is 70.9 Å². The smallest absolute Gasteiger partial charge is 0.246 e. The number of aromatic nitrogens is 2. The predicted molar refractivity (Wildman–Crippen MR) is 132 cm³/mol. The number of hydrogen-bond donors (Lipinski definition) is 0. The molecule has 0 bridgehead atoms. The maximum Gasteiger partial charge on any atom is 0.246 e. The lowest BCUT2D eigenvalue weighted by Gasteiger charge is -2.36. The molecule has 0 unspecified atom stereocenters. The first kappa shape index (κ1) is 24.4. The second kappa shape index (κ2) is 11.2. The molecule has 2 fully saturated rings. The van der Waals surface area contributed by atoms with Gasteiger partial charge in [0.1, 0.15) is 0 Å². The van der Waals surface area contributed by atoms with E-state index in [2.05, 4.69) is 10.00 Å². The first-order valence-electron chi connectivity index (χ1n) is 11.7. The molecule has 182 valence electrons. The molecule has 9 heteroatoms. The first-order valence-corrected chi connectivity index (χ1v) is 12.1. The number of piperazine rings is 1. The van der Waals surface area contributed by atoms with Gasteiger partial charge in [-0.15, -0.1) is 0 Å². The Morgan fingerprint density at radius 2 is 1.71 bits per heavy atom. The summed E-state index contributed by atoms with van der Waals surface area (Å²) in [5.74, 6) is 0.0830. The van der Waals surface area contributed by atoms with Crippen LogP contribution in [0.1, 0.15) is 22.5 Å². The normalized spacial score (nSPS) is 17.5. The SMILES string of the molecule is Cc1nn(Cc2ccccc2Cl)c(C)c1/C=C/C(=O)N1CCN(C(=O)CN2CCOCC2)CC1. The molecule has 0 N–H and O–H groups in total. The number of aryl methyl sites for hydroxylation is 1. The lowest BCUT2D eigenvalue weighted by molar-refractivity contribution is -0.138. The third kappa shape index (κ3) is 5.87. The third-order valence-electron chi connectivity index (χ3n) is 6.51. The second-order valence-electron chi connectivity index (χ2n) is 8.76. The Morgan fingerprint density at radius 3 is 2.41 bits per heavy atom. The van der Waals surface area contributed by atoms with Crippen LogP contribution in [0.2, 0.25) is 5.02 Å². The molecule has 0 spiro atoms. The number of halogens is 1. The summed E-state index contributed by atoms with van der Waals surface area (Å²) in [6, 6.07) is 7.73. The van der Waals surface area contributed by atoms with Crippen LogP contribution in [-0.2, 0) is 20.9 Å². The van der Waals surface area contributed by atoms with E-state index in [0.29, 0.717) is 57.5 Å². The Bertz CT molecular complexity index is 1050. The van der Waals surface area contributed by atoms with E-state index < -0.39 is 0 Å². The number of carbonyl (C=O) groups excluding carboxylic acids is 2. The van der Waals surface area contributed by atoms with E-state index >= 15 is 0 Å². The van der Waals surface area contributed by atoms with Crippen molar-refractivity contribution < 1.29 is 14.3 Å². The molecule has 1 aromatic carbocycles. The number of hydrogen-bond acceptors (Lipinski definition) is 5. The lowest BCUT2D eigenvalue weighted by Crippen LogP contribution is -2.53. The van der Waals surface area contributed by atoms with Gasteiger partial charge in [-0.3, -0.25) is 19.2 Å².